The maximum atomic E-state index is 5.33. The number of piperidine rings is 1. The van der Waals surface area contributed by atoms with Crippen molar-refractivity contribution in [1.82, 2.24) is 30.2 Å². The smallest absolute Gasteiger partial charge is 0.297 e. The second kappa shape index (κ2) is 7.02. The molecule has 0 amide bonds. The molecule has 3 aromatic rings. The van der Waals surface area contributed by atoms with Gasteiger partial charge >= 0.3 is 0 Å². The number of benzene rings is 1. The first-order valence-electron chi connectivity index (χ1n) is 8.39. The van der Waals surface area contributed by atoms with Gasteiger partial charge in [-0.25, -0.2) is 9.67 Å². The quantitative estimate of drug-likeness (QED) is 0.758. The predicted octanol–water partition coefficient (Wildman–Crippen LogP) is 1.85. The van der Waals surface area contributed by atoms with Crippen molar-refractivity contribution in [3.05, 3.63) is 42.0 Å². The lowest BCUT2D eigenvalue weighted by Gasteiger charge is -2.22. The molecule has 1 aliphatic rings. The Labute approximate surface area is 145 Å². The van der Waals surface area contributed by atoms with Gasteiger partial charge in [-0.2, -0.15) is 4.98 Å². The maximum Gasteiger partial charge on any atom is 0.297 e. The molecule has 1 unspecified atom stereocenters. The molecular weight excluding hydrogens is 320 g/mol. The molecule has 25 heavy (non-hydrogen) atoms. The van der Waals surface area contributed by atoms with E-state index >= 15 is 0 Å². The second-order valence-corrected chi connectivity index (χ2v) is 6.09. The van der Waals surface area contributed by atoms with Crippen LogP contribution in [0.5, 0.6) is 5.75 Å². The van der Waals surface area contributed by atoms with Crippen LogP contribution in [0, 0.1) is 0 Å². The van der Waals surface area contributed by atoms with Gasteiger partial charge in [-0.3, -0.25) is 0 Å². The van der Waals surface area contributed by atoms with Crippen molar-refractivity contribution in [1.29, 1.82) is 0 Å². The normalized spacial score (nSPS) is 17.6. The predicted molar refractivity (Wildman–Crippen MR) is 90.3 cm³/mol. The van der Waals surface area contributed by atoms with Gasteiger partial charge in [0.1, 0.15) is 12.1 Å². The largest absolute Gasteiger partial charge is 0.497 e. The molecule has 3 heterocycles. The van der Waals surface area contributed by atoms with Gasteiger partial charge in [-0.05, 0) is 37.1 Å². The standard InChI is InChI=1S/C17H20N6O2/c1-24-14-6-4-12(5-7-14)9-15-20-17(25-22-15)16-19-11-23(21-16)13-3-2-8-18-10-13/h4-7,11,13,18H,2-3,8-10H2,1H3. The van der Waals surface area contributed by atoms with Crippen molar-refractivity contribution in [2.75, 3.05) is 20.2 Å². The lowest BCUT2D eigenvalue weighted by atomic mass is 10.1. The fraction of sp³-hybridized carbons (Fsp3) is 0.412. The molecule has 1 atom stereocenters. The fourth-order valence-corrected chi connectivity index (χ4v) is 2.95. The minimum atomic E-state index is 0.330. The molecule has 8 nitrogen and oxygen atoms in total. The van der Waals surface area contributed by atoms with Crippen LogP contribution in [-0.2, 0) is 6.42 Å². The summed E-state index contributed by atoms with van der Waals surface area (Å²) in [6.07, 6.45) is 4.57. The Morgan fingerprint density at radius 2 is 2.20 bits per heavy atom. The van der Waals surface area contributed by atoms with Gasteiger partial charge in [0, 0.05) is 13.0 Å². The van der Waals surface area contributed by atoms with E-state index in [1.807, 2.05) is 28.9 Å². The van der Waals surface area contributed by atoms with E-state index in [1.54, 1.807) is 13.4 Å². The Morgan fingerprint density at radius 1 is 1.32 bits per heavy atom. The molecule has 1 aromatic carbocycles. The van der Waals surface area contributed by atoms with Crippen molar-refractivity contribution < 1.29 is 9.26 Å². The first kappa shape index (κ1) is 15.8. The maximum absolute atomic E-state index is 5.33. The van der Waals surface area contributed by atoms with Gasteiger partial charge in [0.2, 0.25) is 5.82 Å². The lowest BCUT2D eigenvalue weighted by Crippen LogP contribution is -2.31. The molecule has 0 spiro atoms. The highest BCUT2D eigenvalue weighted by molar-refractivity contribution is 5.38. The summed E-state index contributed by atoms with van der Waals surface area (Å²) >= 11 is 0. The highest BCUT2D eigenvalue weighted by atomic mass is 16.5. The minimum Gasteiger partial charge on any atom is -0.497 e. The van der Waals surface area contributed by atoms with Gasteiger partial charge in [0.25, 0.3) is 5.89 Å². The topological polar surface area (TPSA) is 90.9 Å². The molecule has 1 N–H and O–H groups in total. The Hall–Kier alpha value is -2.74. The van der Waals surface area contributed by atoms with Crippen molar-refractivity contribution in [3.8, 4) is 17.5 Å². The molecule has 0 aliphatic carbocycles. The van der Waals surface area contributed by atoms with Crippen LogP contribution in [0.2, 0.25) is 0 Å². The van der Waals surface area contributed by atoms with E-state index < -0.39 is 0 Å². The zero-order chi connectivity index (χ0) is 17.1. The van der Waals surface area contributed by atoms with E-state index in [0.717, 1.165) is 37.2 Å². The van der Waals surface area contributed by atoms with Crippen LogP contribution in [-0.4, -0.2) is 45.1 Å². The first-order chi connectivity index (χ1) is 12.3. The molecular formula is C17H20N6O2. The molecule has 4 rings (SSSR count). The SMILES string of the molecule is COc1ccc(Cc2noc(-c3ncn(C4CCCNC4)n3)n2)cc1. The second-order valence-electron chi connectivity index (χ2n) is 6.09. The third kappa shape index (κ3) is 3.53. The highest BCUT2D eigenvalue weighted by Crippen LogP contribution is 2.19. The van der Waals surface area contributed by atoms with E-state index in [1.165, 1.54) is 0 Å². The monoisotopic (exact) mass is 340 g/mol. The summed E-state index contributed by atoms with van der Waals surface area (Å²) < 4.78 is 12.4. The Balaban J connectivity index is 1.46. The van der Waals surface area contributed by atoms with Crippen LogP contribution >= 0.6 is 0 Å². The number of hydrogen-bond donors (Lipinski definition) is 1. The van der Waals surface area contributed by atoms with E-state index in [2.05, 4.69) is 25.5 Å². The van der Waals surface area contributed by atoms with Crippen molar-refractivity contribution in [2.24, 2.45) is 0 Å². The fourth-order valence-electron chi connectivity index (χ4n) is 2.95. The molecule has 0 bridgehead atoms. The summed E-state index contributed by atoms with van der Waals surface area (Å²) in [4.78, 5) is 8.73. The van der Waals surface area contributed by atoms with Crippen molar-refractivity contribution in [2.45, 2.75) is 25.3 Å². The van der Waals surface area contributed by atoms with E-state index in [-0.39, 0.29) is 0 Å². The molecule has 8 heteroatoms. The average Bonchev–Trinajstić information content (AvgIpc) is 3.32. The van der Waals surface area contributed by atoms with Gasteiger partial charge in [-0.15, -0.1) is 5.10 Å². The Kier molecular flexibility index (Phi) is 4.43. The van der Waals surface area contributed by atoms with E-state index in [0.29, 0.717) is 30.0 Å². The summed E-state index contributed by atoms with van der Waals surface area (Å²) in [7, 11) is 1.65. The van der Waals surface area contributed by atoms with E-state index in [9.17, 15) is 0 Å². The average molecular weight is 340 g/mol. The summed E-state index contributed by atoms with van der Waals surface area (Å²) in [6.45, 7) is 1.98. The van der Waals surface area contributed by atoms with Crippen LogP contribution in [0.3, 0.4) is 0 Å². The summed E-state index contributed by atoms with van der Waals surface area (Å²) in [5.74, 6) is 2.26. The number of aromatic nitrogens is 5. The lowest BCUT2D eigenvalue weighted by molar-refractivity contribution is 0.345. The zero-order valence-electron chi connectivity index (χ0n) is 14.1. The number of hydrogen-bond acceptors (Lipinski definition) is 7. The zero-order valence-corrected chi connectivity index (χ0v) is 14.1. The molecule has 1 aliphatic heterocycles. The minimum absolute atomic E-state index is 0.330. The molecule has 130 valence electrons. The number of rotatable bonds is 5. The summed E-state index contributed by atoms with van der Waals surface area (Å²) in [5.41, 5.74) is 1.08. The van der Waals surface area contributed by atoms with E-state index in [4.69, 9.17) is 9.26 Å². The highest BCUT2D eigenvalue weighted by Gasteiger charge is 2.19. The molecule has 1 saturated heterocycles. The van der Waals surface area contributed by atoms with Crippen molar-refractivity contribution >= 4 is 0 Å². The van der Waals surface area contributed by atoms with Crippen LogP contribution in [0.1, 0.15) is 30.3 Å². The number of methoxy groups -OCH3 is 1. The van der Waals surface area contributed by atoms with Crippen LogP contribution in [0.15, 0.2) is 35.1 Å². The number of nitrogens with one attached hydrogen (secondary N) is 1. The van der Waals surface area contributed by atoms with Crippen LogP contribution in [0.25, 0.3) is 11.7 Å². The number of nitrogens with zero attached hydrogens (tertiary/aromatic N) is 5. The van der Waals surface area contributed by atoms with Crippen LogP contribution in [0.4, 0.5) is 0 Å². The van der Waals surface area contributed by atoms with Gasteiger partial charge < -0.3 is 14.6 Å². The third-order valence-electron chi connectivity index (χ3n) is 4.33. The van der Waals surface area contributed by atoms with Crippen molar-refractivity contribution in [3.63, 3.8) is 0 Å². The molecule has 2 aromatic heterocycles. The third-order valence-corrected chi connectivity index (χ3v) is 4.33. The Bertz CT molecular complexity index is 820. The summed E-state index contributed by atoms with van der Waals surface area (Å²) in [6, 6.07) is 8.13. The van der Waals surface area contributed by atoms with Gasteiger partial charge in [-0.1, -0.05) is 17.3 Å². The number of ether oxygens (including phenoxy) is 1. The molecule has 1 fully saturated rings. The Morgan fingerprint density at radius 3 is 2.96 bits per heavy atom. The summed E-state index contributed by atoms with van der Waals surface area (Å²) in [5, 5.41) is 11.9. The molecule has 0 radical (unpaired) electrons. The molecule has 0 saturated carbocycles. The first-order valence-corrected chi connectivity index (χ1v) is 8.39. The van der Waals surface area contributed by atoms with Gasteiger partial charge in [0.05, 0.1) is 13.2 Å². The van der Waals surface area contributed by atoms with Crippen LogP contribution < -0.4 is 10.1 Å². The van der Waals surface area contributed by atoms with Gasteiger partial charge in [0.15, 0.2) is 5.82 Å².